The first-order chi connectivity index (χ1) is 16.2. The minimum Gasteiger partial charge on any atom is -0.486 e. The van der Waals surface area contributed by atoms with E-state index in [0.717, 1.165) is 0 Å². The van der Waals surface area contributed by atoms with E-state index in [2.05, 4.69) is 4.98 Å². The van der Waals surface area contributed by atoms with Crippen LogP contribution in [0.15, 0.2) is 18.2 Å². The summed E-state index contributed by atoms with van der Waals surface area (Å²) >= 11 is 0. The van der Waals surface area contributed by atoms with E-state index in [4.69, 9.17) is 18.9 Å². The van der Waals surface area contributed by atoms with Crippen molar-refractivity contribution in [3.8, 4) is 11.5 Å². The number of rotatable bonds is 6. The van der Waals surface area contributed by atoms with Crippen LogP contribution in [-0.2, 0) is 19.1 Å². The van der Waals surface area contributed by atoms with Gasteiger partial charge >= 0.3 is 11.9 Å². The number of nitrogens with one attached hydrogen (secondary N) is 1. The number of esters is 2. The molecule has 1 aromatic carbocycles. The first kappa shape index (κ1) is 23.3. The van der Waals surface area contributed by atoms with Crippen molar-refractivity contribution in [1.29, 1.82) is 0 Å². The van der Waals surface area contributed by atoms with Crippen molar-refractivity contribution in [2.75, 3.05) is 31.8 Å². The Bertz CT molecular complexity index is 1170. The van der Waals surface area contributed by atoms with Crippen molar-refractivity contribution in [2.24, 2.45) is 5.92 Å². The van der Waals surface area contributed by atoms with Crippen molar-refractivity contribution < 1.29 is 38.1 Å². The molecule has 1 N–H and O–H groups in total. The highest BCUT2D eigenvalue weighted by atomic mass is 16.6. The number of H-pyrrole nitrogens is 1. The number of aromatic nitrogens is 1. The number of methoxy groups -OCH3 is 1. The van der Waals surface area contributed by atoms with E-state index in [1.807, 2.05) is 0 Å². The van der Waals surface area contributed by atoms with Gasteiger partial charge in [-0.1, -0.05) is 0 Å². The van der Waals surface area contributed by atoms with E-state index >= 15 is 0 Å². The van der Waals surface area contributed by atoms with Crippen LogP contribution in [0.4, 0.5) is 5.69 Å². The molecule has 1 amide bonds. The number of Topliss-reactive ketones (excluding diaryl/α,β-unsaturated/α-hetero) is 1. The van der Waals surface area contributed by atoms with Crippen LogP contribution in [0.1, 0.15) is 45.4 Å². The van der Waals surface area contributed by atoms with Crippen molar-refractivity contribution >= 4 is 29.3 Å². The fraction of sp³-hybridized carbons (Fsp3) is 0.417. The highest BCUT2D eigenvalue weighted by Crippen LogP contribution is 2.36. The Hall–Kier alpha value is -3.82. The third-order valence-corrected chi connectivity index (χ3v) is 6.03. The molecule has 2 unspecified atom stereocenters. The number of hydrogen-bond acceptors (Lipinski definition) is 8. The van der Waals surface area contributed by atoms with Crippen molar-refractivity contribution in [1.82, 2.24) is 4.98 Å². The predicted octanol–water partition coefficient (Wildman–Crippen LogP) is 2.36. The topological polar surface area (TPSA) is 124 Å². The Labute approximate surface area is 196 Å². The second-order valence-electron chi connectivity index (χ2n) is 8.29. The SMILES string of the molecule is COC(=O)c1c(C)[nH]c(C(=O)C(C)OC(=O)C2CC(=O)N(c3ccc4c(c3)OCCO4)C2)c1C. The zero-order valence-electron chi connectivity index (χ0n) is 19.4. The van der Waals surface area contributed by atoms with Crippen molar-refractivity contribution in [2.45, 2.75) is 33.3 Å². The van der Waals surface area contributed by atoms with Crippen LogP contribution in [0.2, 0.25) is 0 Å². The maximum Gasteiger partial charge on any atom is 0.339 e. The van der Waals surface area contributed by atoms with Gasteiger partial charge in [0, 0.05) is 30.4 Å². The number of benzene rings is 1. The molecule has 2 aliphatic heterocycles. The van der Waals surface area contributed by atoms with E-state index in [1.165, 1.54) is 18.9 Å². The molecule has 0 spiro atoms. The van der Waals surface area contributed by atoms with Gasteiger partial charge in [0.2, 0.25) is 11.7 Å². The predicted molar refractivity (Wildman–Crippen MR) is 119 cm³/mol. The average molecular weight is 470 g/mol. The molecule has 10 nitrogen and oxygen atoms in total. The van der Waals surface area contributed by atoms with Crippen LogP contribution in [0.5, 0.6) is 11.5 Å². The largest absolute Gasteiger partial charge is 0.486 e. The Morgan fingerprint density at radius 3 is 2.56 bits per heavy atom. The molecule has 0 bridgehead atoms. The van der Waals surface area contributed by atoms with E-state index < -0.39 is 29.7 Å². The van der Waals surface area contributed by atoms with Gasteiger partial charge in [0.1, 0.15) is 13.2 Å². The molecule has 2 aliphatic rings. The van der Waals surface area contributed by atoms with Crippen LogP contribution in [0.25, 0.3) is 0 Å². The molecule has 0 saturated carbocycles. The lowest BCUT2D eigenvalue weighted by atomic mass is 10.1. The van der Waals surface area contributed by atoms with Crippen LogP contribution in [0, 0.1) is 19.8 Å². The lowest BCUT2D eigenvalue weighted by molar-refractivity contribution is -0.151. The standard InChI is InChI=1S/C24H26N2O8/c1-12-20(24(30)31-4)13(2)25-21(12)22(28)14(3)34-23(29)15-9-19(27)26(11-15)16-5-6-17-18(10-16)33-8-7-32-17/h5-6,10,14-15,25H,7-9,11H2,1-4H3. The molecule has 10 heteroatoms. The van der Waals surface area contributed by atoms with E-state index in [-0.39, 0.29) is 30.1 Å². The number of nitrogens with zero attached hydrogens (tertiary/aromatic N) is 1. The second-order valence-corrected chi connectivity index (χ2v) is 8.29. The van der Waals surface area contributed by atoms with Crippen molar-refractivity contribution in [3.63, 3.8) is 0 Å². The average Bonchev–Trinajstić information content (AvgIpc) is 3.36. The Morgan fingerprint density at radius 2 is 1.85 bits per heavy atom. The Morgan fingerprint density at radius 1 is 1.15 bits per heavy atom. The Kier molecular flexibility index (Phi) is 6.32. The maximum atomic E-state index is 12.9. The third-order valence-electron chi connectivity index (χ3n) is 6.03. The first-order valence-corrected chi connectivity index (χ1v) is 10.9. The number of ether oxygens (including phenoxy) is 4. The number of anilines is 1. The van der Waals surface area contributed by atoms with Crippen LogP contribution in [-0.4, -0.2) is 61.6 Å². The fourth-order valence-corrected chi connectivity index (χ4v) is 4.25. The van der Waals surface area contributed by atoms with Gasteiger partial charge < -0.3 is 28.8 Å². The molecule has 2 aromatic rings. The molecule has 34 heavy (non-hydrogen) atoms. The molecule has 3 heterocycles. The highest BCUT2D eigenvalue weighted by Gasteiger charge is 2.38. The van der Waals surface area contributed by atoms with Crippen LogP contribution < -0.4 is 14.4 Å². The molecule has 1 aromatic heterocycles. The number of fused-ring (bicyclic) bond motifs is 1. The lowest BCUT2D eigenvalue weighted by Crippen LogP contribution is -2.31. The first-order valence-electron chi connectivity index (χ1n) is 10.9. The Balaban J connectivity index is 1.43. The zero-order valence-corrected chi connectivity index (χ0v) is 19.4. The van der Waals surface area contributed by atoms with Gasteiger partial charge in [-0.3, -0.25) is 14.4 Å². The van der Waals surface area contributed by atoms with Crippen LogP contribution >= 0.6 is 0 Å². The molecule has 180 valence electrons. The minimum atomic E-state index is -1.10. The number of ketones is 1. The maximum absolute atomic E-state index is 12.9. The van der Waals surface area contributed by atoms with E-state index in [9.17, 15) is 19.2 Å². The molecule has 0 radical (unpaired) electrons. The quantitative estimate of drug-likeness (QED) is 0.504. The summed E-state index contributed by atoms with van der Waals surface area (Å²) in [7, 11) is 1.26. The van der Waals surface area contributed by atoms with Crippen LogP contribution in [0.3, 0.4) is 0 Å². The highest BCUT2D eigenvalue weighted by molar-refractivity contribution is 6.04. The normalized spacial score (nSPS) is 17.9. The summed E-state index contributed by atoms with van der Waals surface area (Å²) in [4.78, 5) is 54.7. The molecule has 4 rings (SSSR count). The molecule has 1 saturated heterocycles. The third kappa shape index (κ3) is 4.23. The number of amides is 1. The van der Waals surface area contributed by atoms with E-state index in [0.29, 0.717) is 41.7 Å². The number of carbonyl (C=O) groups is 4. The molecule has 1 fully saturated rings. The summed E-state index contributed by atoms with van der Waals surface area (Å²) in [5.41, 5.74) is 1.97. The molecular formula is C24H26N2O8. The summed E-state index contributed by atoms with van der Waals surface area (Å²) in [6.45, 7) is 5.76. The molecule has 2 atom stereocenters. The summed E-state index contributed by atoms with van der Waals surface area (Å²) in [5, 5.41) is 0. The van der Waals surface area contributed by atoms with Gasteiger partial charge in [-0.2, -0.15) is 0 Å². The number of aryl methyl sites for hydroxylation is 1. The van der Waals surface area contributed by atoms with Gasteiger partial charge in [-0.05, 0) is 38.5 Å². The smallest absolute Gasteiger partial charge is 0.339 e. The summed E-state index contributed by atoms with van der Waals surface area (Å²) < 4.78 is 21.3. The number of hydrogen-bond donors (Lipinski definition) is 1. The fourth-order valence-electron chi connectivity index (χ4n) is 4.25. The zero-order chi connectivity index (χ0) is 24.6. The second kappa shape index (κ2) is 9.20. The summed E-state index contributed by atoms with van der Waals surface area (Å²) in [5.74, 6) is -1.46. The van der Waals surface area contributed by atoms with Gasteiger partial charge in [0.15, 0.2) is 17.6 Å². The summed E-state index contributed by atoms with van der Waals surface area (Å²) in [6, 6.07) is 5.18. The van der Waals surface area contributed by atoms with Gasteiger partial charge in [-0.25, -0.2) is 4.79 Å². The monoisotopic (exact) mass is 470 g/mol. The molecular weight excluding hydrogens is 444 g/mol. The molecule has 0 aliphatic carbocycles. The minimum absolute atomic E-state index is 0.0265. The van der Waals surface area contributed by atoms with Crippen molar-refractivity contribution in [3.05, 3.63) is 40.7 Å². The van der Waals surface area contributed by atoms with Gasteiger partial charge in [0.05, 0.1) is 24.3 Å². The number of aromatic amines is 1. The number of carbonyl (C=O) groups excluding carboxylic acids is 4. The lowest BCUT2D eigenvalue weighted by Gasteiger charge is -2.22. The van der Waals surface area contributed by atoms with Gasteiger partial charge in [-0.15, -0.1) is 0 Å². The van der Waals surface area contributed by atoms with E-state index in [1.54, 1.807) is 32.0 Å². The summed E-state index contributed by atoms with van der Waals surface area (Å²) in [6.07, 6.45) is -1.13. The van der Waals surface area contributed by atoms with Gasteiger partial charge in [0.25, 0.3) is 0 Å².